The monoisotopic (exact) mass is 179 g/mol. The number of hydrogen-bond acceptors (Lipinski definition) is 2. The highest BCUT2D eigenvalue weighted by Gasteiger charge is 2.44. The van der Waals surface area contributed by atoms with Crippen LogP contribution in [0.2, 0.25) is 0 Å². The van der Waals surface area contributed by atoms with Gasteiger partial charge < -0.3 is 10.1 Å². The summed E-state index contributed by atoms with van der Waals surface area (Å²) in [6.07, 6.45) is 11.1. The van der Waals surface area contributed by atoms with Crippen LogP contribution in [0.5, 0.6) is 0 Å². The molecule has 0 aromatic heterocycles. The van der Waals surface area contributed by atoms with Crippen LogP contribution in [0.1, 0.15) is 32.1 Å². The van der Waals surface area contributed by atoms with Gasteiger partial charge in [0.25, 0.3) is 0 Å². The fourth-order valence-electron chi connectivity index (χ4n) is 2.24. The van der Waals surface area contributed by atoms with Crippen LogP contribution in [0.3, 0.4) is 0 Å². The average molecular weight is 179 g/mol. The van der Waals surface area contributed by atoms with Gasteiger partial charge in [-0.25, -0.2) is 0 Å². The molecule has 1 N–H and O–H groups in total. The number of rotatable bonds is 3. The molecule has 1 atom stereocenters. The van der Waals surface area contributed by atoms with Gasteiger partial charge in [-0.05, 0) is 25.7 Å². The lowest BCUT2D eigenvalue weighted by molar-refractivity contribution is -0.0563. The van der Waals surface area contributed by atoms with Gasteiger partial charge in [-0.1, -0.05) is 0 Å². The van der Waals surface area contributed by atoms with E-state index >= 15 is 0 Å². The van der Waals surface area contributed by atoms with Crippen molar-refractivity contribution in [3.05, 3.63) is 0 Å². The van der Waals surface area contributed by atoms with Crippen molar-refractivity contribution in [1.29, 1.82) is 0 Å². The highest BCUT2D eigenvalue weighted by molar-refractivity contribution is 4.98. The molecule has 0 aromatic rings. The van der Waals surface area contributed by atoms with E-state index in [9.17, 15) is 0 Å². The topological polar surface area (TPSA) is 21.3 Å². The lowest BCUT2D eigenvalue weighted by Gasteiger charge is -2.37. The van der Waals surface area contributed by atoms with Gasteiger partial charge in [0.05, 0.1) is 12.2 Å². The summed E-state index contributed by atoms with van der Waals surface area (Å²) >= 11 is 0. The molecule has 1 saturated heterocycles. The summed E-state index contributed by atoms with van der Waals surface area (Å²) in [5, 5.41) is 3.44. The minimum Gasteiger partial charge on any atom is -0.373 e. The lowest BCUT2D eigenvalue weighted by Crippen LogP contribution is -2.38. The second kappa shape index (κ2) is 3.69. The van der Waals surface area contributed by atoms with Crippen molar-refractivity contribution in [1.82, 2.24) is 5.32 Å². The molecule has 13 heavy (non-hydrogen) atoms. The lowest BCUT2D eigenvalue weighted by atomic mass is 9.77. The van der Waals surface area contributed by atoms with E-state index in [1.54, 1.807) is 0 Å². The normalized spacial score (nSPS) is 29.9. The Morgan fingerprint density at radius 1 is 1.54 bits per heavy atom. The molecule has 0 aromatic carbocycles. The van der Waals surface area contributed by atoms with E-state index in [1.165, 1.54) is 25.7 Å². The summed E-state index contributed by atoms with van der Waals surface area (Å²) < 4.78 is 5.81. The van der Waals surface area contributed by atoms with E-state index < -0.39 is 0 Å². The second-order valence-corrected chi connectivity index (χ2v) is 4.16. The van der Waals surface area contributed by atoms with Crippen LogP contribution in [0, 0.1) is 12.3 Å². The molecule has 1 aliphatic carbocycles. The van der Waals surface area contributed by atoms with Crippen LogP contribution in [-0.2, 0) is 4.74 Å². The van der Waals surface area contributed by atoms with Gasteiger partial charge >= 0.3 is 0 Å². The highest BCUT2D eigenvalue weighted by atomic mass is 16.5. The predicted molar refractivity (Wildman–Crippen MR) is 52.4 cm³/mol. The quantitative estimate of drug-likeness (QED) is 0.521. The van der Waals surface area contributed by atoms with Crippen LogP contribution in [-0.4, -0.2) is 24.8 Å². The molecule has 2 rings (SSSR count). The van der Waals surface area contributed by atoms with Gasteiger partial charge in [-0.2, -0.15) is 0 Å². The first-order chi connectivity index (χ1) is 6.35. The number of ether oxygens (including phenoxy) is 1. The molecule has 0 radical (unpaired) electrons. The Morgan fingerprint density at radius 3 is 2.92 bits per heavy atom. The molecule has 2 heteroatoms. The summed E-state index contributed by atoms with van der Waals surface area (Å²) in [7, 11) is 0. The number of nitrogens with one attached hydrogen (secondary N) is 1. The Hall–Kier alpha value is -0.520. The first-order valence-corrected chi connectivity index (χ1v) is 5.15. The molecule has 2 aliphatic rings. The molecule has 1 heterocycles. The van der Waals surface area contributed by atoms with Crippen LogP contribution in [0.4, 0.5) is 0 Å². The third-order valence-electron chi connectivity index (χ3n) is 3.18. The van der Waals surface area contributed by atoms with Gasteiger partial charge in [0, 0.05) is 19.0 Å². The summed E-state index contributed by atoms with van der Waals surface area (Å²) in [4.78, 5) is 0. The van der Waals surface area contributed by atoms with Crippen molar-refractivity contribution in [3.8, 4) is 12.3 Å². The van der Waals surface area contributed by atoms with E-state index in [4.69, 9.17) is 11.2 Å². The summed E-state index contributed by atoms with van der Waals surface area (Å²) in [6.45, 7) is 1.81. The fourth-order valence-corrected chi connectivity index (χ4v) is 2.24. The molecule has 2 fully saturated rings. The van der Waals surface area contributed by atoms with Crippen LogP contribution >= 0.6 is 0 Å². The molecule has 1 saturated carbocycles. The third kappa shape index (κ3) is 1.87. The molecular weight excluding hydrogens is 162 g/mol. The summed E-state index contributed by atoms with van der Waals surface area (Å²) in [6, 6.07) is 0.550. The van der Waals surface area contributed by atoms with E-state index in [0.717, 1.165) is 19.6 Å². The third-order valence-corrected chi connectivity index (χ3v) is 3.18. The summed E-state index contributed by atoms with van der Waals surface area (Å²) in [5.74, 6) is 2.64. The Morgan fingerprint density at radius 2 is 2.38 bits per heavy atom. The standard InChI is InChI=1S/C11H17NO/c1-2-3-7-12-10-8-11(13-9-10)5-4-6-11/h1,10,12H,3-9H2. The molecule has 0 amide bonds. The molecule has 1 unspecified atom stereocenters. The second-order valence-electron chi connectivity index (χ2n) is 4.16. The van der Waals surface area contributed by atoms with Gasteiger partial charge in [0.2, 0.25) is 0 Å². The van der Waals surface area contributed by atoms with E-state index in [2.05, 4.69) is 11.2 Å². The maximum absolute atomic E-state index is 5.81. The molecule has 2 nitrogen and oxygen atoms in total. The van der Waals surface area contributed by atoms with E-state index in [0.29, 0.717) is 6.04 Å². The van der Waals surface area contributed by atoms with Gasteiger partial charge in [0.1, 0.15) is 0 Å². The zero-order valence-electron chi connectivity index (χ0n) is 8.01. The Bertz CT molecular complexity index is 215. The largest absolute Gasteiger partial charge is 0.373 e. The Balaban J connectivity index is 1.69. The number of terminal acetylenes is 1. The minimum atomic E-state index is 0.272. The van der Waals surface area contributed by atoms with E-state index in [-0.39, 0.29) is 5.60 Å². The van der Waals surface area contributed by atoms with Crippen LogP contribution in [0.25, 0.3) is 0 Å². The Kier molecular flexibility index (Phi) is 2.57. The molecule has 1 aliphatic heterocycles. The molecule has 0 bridgehead atoms. The van der Waals surface area contributed by atoms with Gasteiger partial charge in [0.15, 0.2) is 0 Å². The molecule has 1 spiro atoms. The Labute approximate surface area is 80.0 Å². The van der Waals surface area contributed by atoms with E-state index in [1.807, 2.05) is 0 Å². The van der Waals surface area contributed by atoms with Crippen molar-refractivity contribution < 1.29 is 4.74 Å². The molecule has 72 valence electrons. The fraction of sp³-hybridized carbons (Fsp3) is 0.818. The maximum atomic E-state index is 5.81. The zero-order chi connectivity index (χ0) is 9.15. The van der Waals surface area contributed by atoms with Crippen LogP contribution in [0.15, 0.2) is 0 Å². The average Bonchev–Trinajstić information content (AvgIpc) is 2.49. The first kappa shape index (κ1) is 9.05. The maximum Gasteiger partial charge on any atom is 0.0699 e. The van der Waals surface area contributed by atoms with Crippen molar-refractivity contribution in [2.24, 2.45) is 0 Å². The van der Waals surface area contributed by atoms with Crippen molar-refractivity contribution >= 4 is 0 Å². The SMILES string of the molecule is C#CCCNC1COC2(CCC2)C1. The van der Waals surface area contributed by atoms with Crippen molar-refractivity contribution in [3.63, 3.8) is 0 Å². The van der Waals surface area contributed by atoms with Crippen molar-refractivity contribution in [2.45, 2.75) is 43.7 Å². The van der Waals surface area contributed by atoms with Gasteiger partial charge in [-0.3, -0.25) is 0 Å². The van der Waals surface area contributed by atoms with Crippen LogP contribution < -0.4 is 5.32 Å². The molecular formula is C11H17NO. The van der Waals surface area contributed by atoms with Crippen molar-refractivity contribution in [2.75, 3.05) is 13.2 Å². The smallest absolute Gasteiger partial charge is 0.0699 e. The van der Waals surface area contributed by atoms with Gasteiger partial charge in [-0.15, -0.1) is 12.3 Å². The first-order valence-electron chi connectivity index (χ1n) is 5.15. The summed E-state index contributed by atoms with van der Waals surface area (Å²) in [5.41, 5.74) is 0.272. The highest BCUT2D eigenvalue weighted by Crippen LogP contribution is 2.43. The predicted octanol–water partition coefficient (Wildman–Crippen LogP) is 1.31. The number of hydrogen-bond donors (Lipinski definition) is 1. The minimum absolute atomic E-state index is 0.272. The zero-order valence-corrected chi connectivity index (χ0v) is 8.01.